The summed E-state index contributed by atoms with van der Waals surface area (Å²) in [7, 11) is -3.39. The Labute approximate surface area is 171 Å². The fourth-order valence-corrected chi connectivity index (χ4v) is 5.55. The molecule has 4 heterocycles. The third-order valence-corrected chi connectivity index (χ3v) is 6.86. The largest absolute Gasteiger partial charge is 0.466 e. The molecule has 2 bridgehead atoms. The molecule has 9 nitrogen and oxygen atoms in total. The fraction of sp³-hybridized carbons (Fsp3) is 0.737. The number of nitrogens with zero attached hydrogens (tertiary/aromatic N) is 3. The van der Waals surface area contributed by atoms with Gasteiger partial charge >= 0.3 is 0 Å². The fourth-order valence-electron chi connectivity index (χ4n) is 4.72. The summed E-state index contributed by atoms with van der Waals surface area (Å²) in [4.78, 5) is 14.7. The first-order valence-corrected chi connectivity index (χ1v) is 12.1. The maximum atomic E-state index is 13.0. The number of rotatable bonds is 2. The molecule has 4 aliphatic rings. The number of hydrogen-bond acceptors (Lipinski definition) is 7. The van der Waals surface area contributed by atoms with Gasteiger partial charge in [0.2, 0.25) is 15.9 Å². The zero-order valence-corrected chi connectivity index (χ0v) is 17.4. The molecule has 2 fully saturated rings. The number of sulfonamides is 1. The van der Waals surface area contributed by atoms with Crippen molar-refractivity contribution in [3.8, 4) is 5.88 Å². The predicted molar refractivity (Wildman–Crippen MR) is 105 cm³/mol. The molecule has 2 atom stereocenters. The van der Waals surface area contributed by atoms with Crippen LogP contribution in [0.2, 0.25) is 0 Å². The van der Waals surface area contributed by atoms with Gasteiger partial charge in [0.05, 0.1) is 31.2 Å². The summed E-state index contributed by atoms with van der Waals surface area (Å²) in [6.45, 7) is 0.726. The molecule has 1 amide bonds. The molecule has 0 radical (unpaired) electrons. The number of hydrogen-bond donors (Lipinski definition) is 1. The molecule has 1 aromatic rings. The Balaban J connectivity index is 1.61. The average molecular weight is 425 g/mol. The van der Waals surface area contributed by atoms with Crippen molar-refractivity contribution in [2.75, 3.05) is 26.0 Å². The molecule has 29 heavy (non-hydrogen) atoms. The van der Waals surface area contributed by atoms with Crippen molar-refractivity contribution in [2.24, 2.45) is 0 Å². The zero-order valence-electron chi connectivity index (χ0n) is 16.6. The van der Waals surface area contributed by atoms with E-state index in [-0.39, 0.29) is 30.7 Å². The Morgan fingerprint density at radius 2 is 2.00 bits per heavy atom. The van der Waals surface area contributed by atoms with Crippen molar-refractivity contribution in [1.82, 2.24) is 19.8 Å². The lowest BCUT2D eigenvalue weighted by Gasteiger charge is -2.41. The molecule has 5 rings (SSSR count). The van der Waals surface area contributed by atoms with Crippen LogP contribution in [0.3, 0.4) is 0 Å². The van der Waals surface area contributed by atoms with Gasteiger partial charge < -0.3 is 14.4 Å². The summed E-state index contributed by atoms with van der Waals surface area (Å²) in [5.41, 5.74) is 0.998. The number of piperidine rings is 1. The second-order valence-electron chi connectivity index (χ2n) is 8.18. The quantitative estimate of drug-likeness (QED) is 0.748. The first-order chi connectivity index (χ1) is 13.9. The maximum Gasteiger partial charge on any atom is 0.260 e. The van der Waals surface area contributed by atoms with Crippen molar-refractivity contribution in [3.05, 3.63) is 17.8 Å². The zero-order chi connectivity index (χ0) is 20.4. The number of ether oxygens (including phenoxy) is 2. The molecule has 10 heteroatoms. The Hall–Kier alpha value is -1.78. The Morgan fingerprint density at radius 3 is 2.76 bits per heavy atom. The highest BCUT2D eigenvalue weighted by molar-refractivity contribution is 7.88. The topological polar surface area (TPSA) is 111 Å². The number of nitrogens with one attached hydrogen (secondary N) is 1. The minimum absolute atomic E-state index is 0.115. The van der Waals surface area contributed by atoms with Gasteiger partial charge in [0.15, 0.2) is 6.61 Å². The van der Waals surface area contributed by atoms with E-state index in [1.165, 1.54) is 0 Å². The van der Waals surface area contributed by atoms with Gasteiger partial charge in [-0.25, -0.2) is 13.1 Å². The van der Waals surface area contributed by atoms with Gasteiger partial charge in [-0.15, -0.1) is 5.10 Å². The van der Waals surface area contributed by atoms with Crippen LogP contribution in [0, 0.1) is 0 Å². The van der Waals surface area contributed by atoms with Crippen molar-refractivity contribution in [1.29, 1.82) is 0 Å². The van der Waals surface area contributed by atoms with E-state index < -0.39 is 10.0 Å². The molecule has 3 aliphatic heterocycles. The molecular weight excluding hydrogens is 396 g/mol. The molecule has 0 spiro atoms. The van der Waals surface area contributed by atoms with Crippen LogP contribution in [0.5, 0.6) is 5.88 Å². The Kier molecular flexibility index (Phi) is 6.03. The summed E-state index contributed by atoms with van der Waals surface area (Å²) in [5.74, 6) is 0.545. The van der Waals surface area contributed by atoms with Crippen LogP contribution >= 0.6 is 0 Å². The maximum absolute atomic E-state index is 13.0. The molecule has 1 aliphatic carbocycles. The number of carbonyl (C=O) groups is 1. The standard InChI is InChI=1S/C19H28N4O5S/c1-29(25,26)22-16-3-2-10-23-17(16)11-27-14-6-4-13(5-7-14)15-8-9-20-21-19(15)28-12-18(23)24/h8-9,13-14,16-17,22H,2-7,10-12H2,1H3/t13?,14?,16?,17-/m0/s1. The average Bonchev–Trinajstić information content (AvgIpc) is 2.71. The van der Waals surface area contributed by atoms with E-state index in [2.05, 4.69) is 14.9 Å². The molecule has 1 unspecified atom stereocenters. The van der Waals surface area contributed by atoms with Crippen molar-refractivity contribution in [3.63, 3.8) is 0 Å². The normalized spacial score (nSPS) is 30.9. The highest BCUT2D eigenvalue weighted by Gasteiger charge is 2.37. The van der Waals surface area contributed by atoms with Gasteiger partial charge in [-0.1, -0.05) is 0 Å². The predicted octanol–water partition coefficient (Wildman–Crippen LogP) is 0.821. The van der Waals surface area contributed by atoms with Crippen LogP contribution < -0.4 is 9.46 Å². The lowest BCUT2D eigenvalue weighted by atomic mass is 9.83. The van der Waals surface area contributed by atoms with Crippen molar-refractivity contribution < 1.29 is 22.7 Å². The molecule has 1 saturated carbocycles. The lowest BCUT2D eigenvalue weighted by Crippen LogP contribution is -2.59. The van der Waals surface area contributed by atoms with Gasteiger partial charge in [-0.3, -0.25) is 4.79 Å². The summed E-state index contributed by atoms with van der Waals surface area (Å²) < 4.78 is 38.4. The minimum Gasteiger partial charge on any atom is -0.466 e. The Morgan fingerprint density at radius 1 is 1.21 bits per heavy atom. The van der Waals surface area contributed by atoms with Gasteiger partial charge in [-0.2, -0.15) is 5.10 Å². The van der Waals surface area contributed by atoms with E-state index >= 15 is 0 Å². The molecule has 1 saturated heterocycles. The summed E-state index contributed by atoms with van der Waals surface area (Å²) >= 11 is 0. The molecule has 1 N–H and O–H groups in total. The second kappa shape index (κ2) is 8.53. The van der Waals surface area contributed by atoms with Crippen molar-refractivity contribution in [2.45, 2.75) is 62.6 Å². The van der Waals surface area contributed by atoms with Gasteiger partial charge in [0.1, 0.15) is 0 Å². The van der Waals surface area contributed by atoms with E-state index in [0.717, 1.165) is 43.9 Å². The van der Waals surface area contributed by atoms with Crippen LogP contribution in [-0.2, 0) is 19.6 Å². The monoisotopic (exact) mass is 424 g/mol. The molecule has 1 aromatic heterocycles. The number of amides is 1. The van der Waals surface area contributed by atoms with Crippen LogP contribution in [0.25, 0.3) is 0 Å². The first-order valence-electron chi connectivity index (χ1n) is 10.2. The summed E-state index contributed by atoms with van der Waals surface area (Å²) in [5, 5.41) is 8.05. The highest BCUT2D eigenvalue weighted by Crippen LogP contribution is 2.37. The summed E-state index contributed by atoms with van der Waals surface area (Å²) in [6.07, 6.45) is 8.06. The third-order valence-electron chi connectivity index (χ3n) is 6.13. The SMILES string of the molecule is CS(=O)(=O)NC1CCCN2C(=O)COc3nnccc3C3CCC(CC3)OC[C@@H]12. The van der Waals surface area contributed by atoms with E-state index in [9.17, 15) is 13.2 Å². The van der Waals surface area contributed by atoms with E-state index in [0.29, 0.717) is 31.4 Å². The summed E-state index contributed by atoms with van der Waals surface area (Å²) in [6, 6.07) is 1.21. The van der Waals surface area contributed by atoms with Crippen LogP contribution in [0.1, 0.15) is 50.0 Å². The highest BCUT2D eigenvalue weighted by atomic mass is 32.2. The van der Waals surface area contributed by atoms with Crippen LogP contribution in [0.15, 0.2) is 12.3 Å². The number of carbonyl (C=O) groups excluding carboxylic acids is 1. The van der Waals surface area contributed by atoms with E-state index in [1.54, 1.807) is 11.1 Å². The number of fused-ring (bicyclic) bond motifs is 5. The number of aromatic nitrogens is 2. The van der Waals surface area contributed by atoms with Gasteiger partial charge in [-0.05, 0) is 50.5 Å². The van der Waals surface area contributed by atoms with E-state index in [1.807, 2.05) is 6.07 Å². The van der Waals surface area contributed by atoms with Crippen molar-refractivity contribution >= 4 is 15.9 Å². The molecule has 0 aromatic carbocycles. The van der Waals surface area contributed by atoms with Gasteiger partial charge in [0, 0.05) is 18.2 Å². The van der Waals surface area contributed by atoms with Gasteiger partial charge in [0.25, 0.3) is 5.91 Å². The molecule has 160 valence electrons. The Bertz CT molecular complexity index is 841. The lowest BCUT2D eigenvalue weighted by molar-refractivity contribution is -0.140. The minimum atomic E-state index is -3.39. The van der Waals surface area contributed by atoms with Crippen LogP contribution in [-0.4, -0.2) is 73.6 Å². The third kappa shape index (κ3) is 4.87. The smallest absolute Gasteiger partial charge is 0.260 e. The second-order valence-corrected chi connectivity index (χ2v) is 9.96. The molecular formula is C19H28N4O5S. The van der Waals surface area contributed by atoms with E-state index in [4.69, 9.17) is 9.47 Å². The van der Waals surface area contributed by atoms with Crippen LogP contribution in [0.4, 0.5) is 0 Å². The first kappa shape index (κ1) is 20.5.